The SMILES string of the molecule is C[N+](C)(C)CC([O-])CS(=O)CCC(F)(F)C(F)(F)C(F)(F)C(F)(F)C(F)(F)C(F)(F)C(F)(F)C(F)(F)F. The second kappa shape index (κ2) is 10.1. The lowest BCUT2D eigenvalue weighted by atomic mass is 9.88. The number of quaternary nitrogens is 1. The number of hydrogen-bond acceptors (Lipinski definition) is 2. The summed E-state index contributed by atoms with van der Waals surface area (Å²) in [5.74, 6) is -59.8. The quantitative estimate of drug-likeness (QED) is 0.226. The van der Waals surface area contributed by atoms with Crippen LogP contribution in [0.1, 0.15) is 6.42 Å². The summed E-state index contributed by atoms with van der Waals surface area (Å²) in [6.45, 7) is -0.339. The van der Waals surface area contributed by atoms with Gasteiger partial charge in [-0.2, -0.15) is 74.6 Å². The topological polar surface area (TPSA) is 40.1 Å². The molecule has 0 aromatic heterocycles. The molecule has 0 saturated heterocycles. The molecule has 2 atom stereocenters. The lowest BCUT2D eigenvalue weighted by Gasteiger charge is -2.42. The first kappa shape index (κ1) is 35.9. The Kier molecular flexibility index (Phi) is 9.82. The first-order chi connectivity index (χ1) is 15.7. The number of likely N-dealkylation sites (N-methyl/N-ethyl adjacent to an activating group) is 1. The number of nitrogens with zero attached hydrogens (tertiary/aromatic N) is 1. The number of hydrogen-bond donors (Lipinski definition) is 0. The number of rotatable bonds is 13. The second-order valence-corrected chi connectivity index (χ2v) is 10.4. The van der Waals surface area contributed by atoms with Crippen LogP contribution in [0.25, 0.3) is 0 Å². The molecule has 37 heavy (non-hydrogen) atoms. The van der Waals surface area contributed by atoms with Crippen LogP contribution in [0.2, 0.25) is 0 Å². The van der Waals surface area contributed by atoms with E-state index in [2.05, 4.69) is 0 Å². The van der Waals surface area contributed by atoms with Gasteiger partial charge in [0.2, 0.25) is 0 Å². The average Bonchev–Trinajstić information content (AvgIpc) is 2.62. The average molecular weight is 611 g/mol. The largest absolute Gasteiger partial charge is 0.847 e. The zero-order chi connectivity index (χ0) is 30.5. The molecule has 0 aliphatic rings. The fourth-order valence-corrected chi connectivity index (χ4v) is 3.72. The maximum absolute atomic E-state index is 13.8. The van der Waals surface area contributed by atoms with Crippen molar-refractivity contribution in [3.05, 3.63) is 0 Å². The van der Waals surface area contributed by atoms with Crippen LogP contribution in [0.4, 0.5) is 74.6 Å². The summed E-state index contributed by atoms with van der Waals surface area (Å²) in [5, 5.41) is 11.7. The van der Waals surface area contributed by atoms with Crippen LogP contribution in [-0.4, -0.2) is 102 Å². The van der Waals surface area contributed by atoms with Gasteiger partial charge in [0.15, 0.2) is 0 Å². The highest BCUT2D eigenvalue weighted by molar-refractivity contribution is 7.85. The minimum absolute atomic E-state index is 0.0901. The van der Waals surface area contributed by atoms with E-state index in [0.29, 0.717) is 0 Å². The predicted octanol–water partition coefficient (Wildman–Crippen LogP) is 4.57. The van der Waals surface area contributed by atoms with Crippen LogP contribution in [0.5, 0.6) is 0 Å². The van der Waals surface area contributed by atoms with Crippen LogP contribution in [0, 0.1) is 0 Å². The number of alkyl halides is 17. The molecule has 0 spiro atoms. The van der Waals surface area contributed by atoms with E-state index < -0.39 is 82.5 Å². The van der Waals surface area contributed by atoms with Gasteiger partial charge < -0.3 is 9.59 Å². The van der Waals surface area contributed by atoms with Crippen molar-refractivity contribution >= 4 is 10.8 Å². The van der Waals surface area contributed by atoms with Gasteiger partial charge in [-0.3, -0.25) is 4.21 Å². The molecule has 0 aromatic carbocycles. The van der Waals surface area contributed by atoms with Crippen LogP contribution >= 0.6 is 0 Å². The molecule has 0 heterocycles. The van der Waals surface area contributed by atoms with Gasteiger partial charge in [0.1, 0.15) is 0 Å². The molecular formula is C16H18F17NO2S. The van der Waals surface area contributed by atoms with Crippen LogP contribution in [-0.2, 0) is 10.8 Å². The summed E-state index contributed by atoms with van der Waals surface area (Å²) in [6.07, 6.45) is -12.4. The predicted molar refractivity (Wildman–Crippen MR) is 89.9 cm³/mol. The van der Waals surface area contributed by atoms with E-state index in [1.807, 2.05) is 0 Å². The highest BCUT2D eigenvalue weighted by atomic mass is 32.2. The second-order valence-electron chi connectivity index (χ2n) is 8.80. The zero-order valence-electron chi connectivity index (χ0n) is 18.5. The first-order valence-electron chi connectivity index (χ1n) is 9.27. The zero-order valence-corrected chi connectivity index (χ0v) is 19.3. The minimum Gasteiger partial charge on any atom is -0.847 e. The van der Waals surface area contributed by atoms with E-state index in [1.165, 1.54) is 21.1 Å². The Morgan fingerprint density at radius 1 is 0.622 bits per heavy atom. The van der Waals surface area contributed by atoms with Crippen molar-refractivity contribution < 1.29 is 88.4 Å². The molecule has 0 radical (unpaired) electrons. The summed E-state index contributed by atoms with van der Waals surface area (Å²) in [7, 11) is 1.45. The van der Waals surface area contributed by atoms with Crippen molar-refractivity contribution in [1.82, 2.24) is 0 Å². The molecule has 0 N–H and O–H groups in total. The Morgan fingerprint density at radius 2 is 0.946 bits per heavy atom. The molecule has 0 fully saturated rings. The van der Waals surface area contributed by atoms with E-state index >= 15 is 0 Å². The van der Waals surface area contributed by atoms with Crippen molar-refractivity contribution in [2.45, 2.75) is 60.2 Å². The van der Waals surface area contributed by atoms with Crippen LogP contribution < -0.4 is 5.11 Å². The molecule has 0 bridgehead atoms. The third-order valence-corrected chi connectivity index (χ3v) is 5.96. The van der Waals surface area contributed by atoms with Crippen LogP contribution in [0.3, 0.4) is 0 Å². The third-order valence-electron chi connectivity index (χ3n) is 4.55. The fourth-order valence-electron chi connectivity index (χ4n) is 2.55. The summed E-state index contributed by atoms with van der Waals surface area (Å²) in [4.78, 5) is 0. The van der Waals surface area contributed by atoms with Gasteiger partial charge in [-0.25, -0.2) is 0 Å². The molecule has 0 aliphatic heterocycles. The van der Waals surface area contributed by atoms with Gasteiger partial charge in [-0.15, -0.1) is 0 Å². The van der Waals surface area contributed by atoms with Crippen LogP contribution in [0.15, 0.2) is 0 Å². The minimum atomic E-state index is -8.69. The summed E-state index contributed by atoms with van der Waals surface area (Å²) in [6, 6.07) is 0. The lowest BCUT2D eigenvalue weighted by molar-refractivity contribution is -0.879. The third kappa shape index (κ3) is 6.38. The summed E-state index contributed by atoms with van der Waals surface area (Å²) < 4.78 is 236. The Labute approximate surface area is 199 Å². The summed E-state index contributed by atoms with van der Waals surface area (Å²) in [5.41, 5.74) is 0. The monoisotopic (exact) mass is 611 g/mol. The van der Waals surface area contributed by atoms with E-state index in [4.69, 9.17) is 0 Å². The van der Waals surface area contributed by atoms with E-state index in [1.54, 1.807) is 0 Å². The van der Waals surface area contributed by atoms with Gasteiger partial charge in [0, 0.05) is 28.7 Å². The molecule has 0 rings (SSSR count). The Bertz CT molecular complexity index is 819. The van der Waals surface area contributed by atoms with Gasteiger partial charge in [-0.1, -0.05) is 6.10 Å². The van der Waals surface area contributed by atoms with Crippen molar-refractivity contribution in [1.29, 1.82) is 0 Å². The Balaban J connectivity index is 6.15. The normalized spacial score (nSPS) is 17.6. The Hall–Kier alpha value is -1.12. The molecule has 2 unspecified atom stereocenters. The van der Waals surface area contributed by atoms with Gasteiger partial charge in [-0.05, 0) is 0 Å². The van der Waals surface area contributed by atoms with E-state index in [9.17, 15) is 84.0 Å². The highest BCUT2D eigenvalue weighted by Crippen LogP contribution is 2.64. The maximum atomic E-state index is 13.8. The summed E-state index contributed by atoms with van der Waals surface area (Å²) >= 11 is 0. The molecule has 0 aliphatic carbocycles. The van der Waals surface area contributed by atoms with E-state index in [0.717, 1.165) is 0 Å². The van der Waals surface area contributed by atoms with E-state index in [-0.39, 0.29) is 11.0 Å². The van der Waals surface area contributed by atoms with Crippen molar-refractivity contribution in [2.75, 3.05) is 39.2 Å². The standard InChI is InChI=1S/C16H18F17NO2S/c1-34(2,3)6-8(35)7-37(36)5-4-9(17,18)10(19,20)11(21,22)12(23,24)13(25,26)14(27,28)15(29,30)16(31,32)33/h8H,4-7H2,1-3H3. The smallest absolute Gasteiger partial charge is 0.460 e. The fraction of sp³-hybridized carbons (Fsp3) is 1.00. The van der Waals surface area contributed by atoms with Gasteiger partial charge in [0.05, 0.1) is 27.7 Å². The first-order valence-corrected chi connectivity index (χ1v) is 10.8. The van der Waals surface area contributed by atoms with Crippen molar-refractivity contribution in [3.63, 3.8) is 0 Å². The molecule has 0 amide bonds. The van der Waals surface area contributed by atoms with Crippen molar-refractivity contribution in [2.24, 2.45) is 0 Å². The molecule has 224 valence electrons. The maximum Gasteiger partial charge on any atom is 0.460 e. The Morgan fingerprint density at radius 3 is 1.27 bits per heavy atom. The van der Waals surface area contributed by atoms with Gasteiger partial charge >= 0.3 is 47.6 Å². The lowest BCUT2D eigenvalue weighted by Crippen LogP contribution is -2.74. The van der Waals surface area contributed by atoms with Crippen molar-refractivity contribution in [3.8, 4) is 0 Å². The molecule has 3 nitrogen and oxygen atoms in total. The van der Waals surface area contributed by atoms with Gasteiger partial charge in [0.25, 0.3) is 0 Å². The molecule has 0 saturated carbocycles. The molecule has 0 aromatic rings. The molecular weight excluding hydrogens is 593 g/mol. The highest BCUT2D eigenvalue weighted by Gasteiger charge is 2.95. The molecule has 21 heteroatoms. The number of halogens is 17.